The highest BCUT2D eigenvalue weighted by molar-refractivity contribution is 7.89. The maximum absolute atomic E-state index is 12.4. The van der Waals surface area contributed by atoms with Gasteiger partial charge in [0.15, 0.2) is 0 Å². The Morgan fingerprint density at radius 1 is 1.30 bits per heavy atom. The number of sulfonamides is 1. The minimum Gasteiger partial charge on any atom is -0.495 e. The monoisotopic (exact) mass is 302 g/mol. The highest BCUT2D eigenvalue weighted by atomic mass is 32.2. The molecule has 0 unspecified atom stereocenters. The average Bonchev–Trinajstić information content (AvgIpc) is 3.18. The minimum atomic E-state index is -3.83. The molecular formula is C12H18N2O5S. The summed E-state index contributed by atoms with van der Waals surface area (Å²) in [4.78, 5) is -0.0713. The van der Waals surface area contributed by atoms with E-state index in [2.05, 4.69) is 4.72 Å². The number of benzene rings is 1. The Morgan fingerprint density at radius 2 is 1.90 bits per heavy atom. The zero-order valence-corrected chi connectivity index (χ0v) is 12.2. The summed E-state index contributed by atoms with van der Waals surface area (Å²) >= 11 is 0. The van der Waals surface area contributed by atoms with Crippen LogP contribution in [0.15, 0.2) is 17.0 Å². The van der Waals surface area contributed by atoms with E-state index in [0.29, 0.717) is 18.6 Å². The van der Waals surface area contributed by atoms with E-state index in [1.54, 1.807) is 0 Å². The molecule has 4 N–H and O–H groups in total. The van der Waals surface area contributed by atoms with Gasteiger partial charge in [-0.15, -0.1) is 0 Å². The van der Waals surface area contributed by atoms with Gasteiger partial charge in [-0.25, -0.2) is 13.1 Å². The smallest absolute Gasteiger partial charge is 0.244 e. The Hall–Kier alpha value is -1.51. The first-order chi connectivity index (χ1) is 9.37. The molecule has 0 saturated heterocycles. The largest absolute Gasteiger partial charge is 0.495 e. The van der Waals surface area contributed by atoms with E-state index in [-0.39, 0.29) is 22.9 Å². The van der Waals surface area contributed by atoms with Gasteiger partial charge < -0.3 is 20.3 Å². The van der Waals surface area contributed by atoms with Crippen LogP contribution >= 0.6 is 0 Å². The fourth-order valence-electron chi connectivity index (χ4n) is 1.89. The van der Waals surface area contributed by atoms with Crippen molar-refractivity contribution in [3.05, 3.63) is 12.1 Å². The predicted octanol–water partition coefficient (Wildman–Crippen LogP) is 0.0892. The van der Waals surface area contributed by atoms with Gasteiger partial charge in [0.2, 0.25) is 10.0 Å². The Bertz CT molecular complexity index is 611. The first-order valence-corrected chi connectivity index (χ1v) is 7.52. The summed E-state index contributed by atoms with van der Waals surface area (Å²) in [5.74, 6) is 0.474. The van der Waals surface area contributed by atoms with Crippen LogP contribution in [-0.4, -0.2) is 39.9 Å². The molecule has 0 spiro atoms. The predicted molar refractivity (Wildman–Crippen MR) is 73.3 cm³/mol. The summed E-state index contributed by atoms with van der Waals surface area (Å²) in [6.45, 7) is -0.236. The maximum Gasteiger partial charge on any atom is 0.244 e. The summed E-state index contributed by atoms with van der Waals surface area (Å²) < 4.78 is 37.4. The molecule has 20 heavy (non-hydrogen) atoms. The summed E-state index contributed by atoms with van der Waals surface area (Å²) in [6.07, 6.45) is 1.22. The molecule has 0 aromatic heterocycles. The third-order valence-corrected chi connectivity index (χ3v) is 4.91. The fourth-order valence-corrected chi connectivity index (χ4v) is 3.52. The average molecular weight is 302 g/mol. The van der Waals surface area contributed by atoms with E-state index in [1.165, 1.54) is 26.4 Å². The lowest BCUT2D eigenvalue weighted by Gasteiger charge is -2.17. The van der Waals surface area contributed by atoms with Gasteiger partial charge in [0.25, 0.3) is 0 Å². The number of anilines is 1. The zero-order valence-electron chi connectivity index (χ0n) is 11.3. The van der Waals surface area contributed by atoms with Crippen LogP contribution in [0.3, 0.4) is 0 Å². The van der Waals surface area contributed by atoms with Crippen LogP contribution in [0.25, 0.3) is 0 Å². The van der Waals surface area contributed by atoms with Crippen molar-refractivity contribution in [2.24, 2.45) is 0 Å². The molecule has 2 rings (SSSR count). The molecule has 0 amide bonds. The van der Waals surface area contributed by atoms with Gasteiger partial charge in [-0.3, -0.25) is 0 Å². The van der Waals surface area contributed by atoms with E-state index in [4.69, 9.17) is 15.2 Å². The second kappa shape index (κ2) is 5.12. The molecule has 1 aliphatic carbocycles. The number of aliphatic hydroxyl groups is 1. The maximum atomic E-state index is 12.4. The Labute approximate surface area is 117 Å². The van der Waals surface area contributed by atoms with Crippen molar-refractivity contribution in [1.29, 1.82) is 0 Å². The number of hydrogen-bond acceptors (Lipinski definition) is 6. The van der Waals surface area contributed by atoms with E-state index in [1.807, 2.05) is 0 Å². The highest BCUT2D eigenvalue weighted by Gasteiger charge is 2.46. The molecule has 0 radical (unpaired) electrons. The van der Waals surface area contributed by atoms with Crippen LogP contribution in [0.5, 0.6) is 11.5 Å². The Kier molecular flexibility index (Phi) is 3.81. The third-order valence-electron chi connectivity index (χ3n) is 3.31. The number of hydrogen-bond donors (Lipinski definition) is 3. The van der Waals surface area contributed by atoms with Gasteiger partial charge in [-0.05, 0) is 18.9 Å². The van der Waals surface area contributed by atoms with Crippen molar-refractivity contribution < 1.29 is 23.0 Å². The number of aliphatic hydroxyl groups excluding tert-OH is 1. The van der Waals surface area contributed by atoms with Crippen molar-refractivity contribution >= 4 is 15.7 Å². The minimum absolute atomic E-state index is 0.0713. The summed E-state index contributed by atoms with van der Waals surface area (Å²) in [5.41, 5.74) is 5.19. The van der Waals surface area contributed by atoms with Crippen LogP contribution < -0.4 is 19.9 Å². The molecule has 8 heteroatoms. The number of nitrogens with two attached hydrogens (primary N) is 1. The van der Waals surface area contributed by atoms with Crippen LogP contribution in [0.1, 0.15) is 12.8 Å². The van der Waals surface area contributed by atoms with Crippen molar-refractivity contribution in [1.82, 2.24) is 4.72 Å². The molecule has 1 aromatic carbocycles. The number of rotatable bonds is 6. The lowest BCUT2D eigenvalue weighted by Crippen LogP contribution is -2.39. The number of methoxy groups -OCH3 is 2. The van der Waals surface area contributed by atoms with Crippen molar-refractivity contribution in [2.75, 3.05) is 26.6 Å². The van der Waals surface area contributed by atoms with Crippen molar-refractivity contribution in [3.8, 4) is 11.5 Å². The quantitative estimate of drug-likeness (QED) is 0.642. The first-order valence-electron chi connectivity index (χ1n) is 6.04. The molecule has 7 nitrogen and oxygen atoms in total. The van der Waals surface area contributed by atoms with Crippen LogP contribution in [-0.2, 0) is 10.0 Å². The zero-order chi connectivity index (χ0) is 15.0. The molecule has 0 bridgehead atoms. The second-order valence-corrected chi connectivity index (χ2v) is 6.44. The number of nitrogen functional groups attached to an aromatic ring is 1. The van der Waals surface area contributed by atoms with Gasteiger partial charge in [0, 0.05) is 6.07 Å². The lowest BCUT2D eigenvalue weighted by molar-refractivity contribution is 0.246. The molecule has 0 atom stereocenters. The lowest BCUT2D eigenvalue weighted by atomic mass is 10.3. The Balaban J connectivity index is 2.43. The van der Waals surface area contributed by atoms with Crippen LogP contribution in [0.4, 0.5) is 5.69 Å². The van der Waals surface area contributed by atoms with E-state index in [0.717, 1.165) is 0 Å². The van der Waals surface area contributed by atoms with Gasteiger partial charge in [0.1, 0.15) is 16.4 Å². The van der Waals surface area contributed by atoms with Crippen molar-refractivity contribution in [3.63, 3.8) is 0 Å². The first kappa shape index (κ1) is 14.9. The molecular weight excluding hydrogens is 284 g/mol. The van der Waals surface area contributed by atoms with E-state index in [9.17, 15) is 13.5 Å². The standard InChI is InChI=1S/C12H18N2O5S/c1-18-9-6-10(19-2)11(5-8(9)13)20(16,17)14-12(7-15)3-4-12/h5-6,14-15H,3-4,7,13H2,1-2H3. The van der Waals surface area contributed by atoms with Gasteiger partial charge in [0.05, 0.1) is 32.1 Å². The number of ether oxygens (including phenoxy) is 2. The summed E-state index contributed by atoms with van der Waals surface area (Å²) in [7, 11) is -1.03. The molecule has 112 valence electrons. The van der Waals surface area contributed by atoms with Crippen LogP contribution in [0.2, 0.25) is 0 Å². The highest BCUT2D eigenvalue weighted by Crippen LogP contribution is 2.39. The molecule has 1 saturated carbocycles. The van der Waals surface area contributed by atoms with E-state index < -0.39 is 15.6 Å². The fraction of sp³-hybridized carbons (Fsp3) is 0.500. The van der Waals surface area contributed by atoms with Gasteiger partial charge >= 0.3 is 0 Å². The molecule has 0 aliphatic heterocycles. The van der Waals surface area contributed by atoms with Gasteiger partial charge in [-0.2, -0.15) is 0 Å². The Morgan fingerprint density at radius 3 is 2.35 bits per heavy atom. The van der Waals surface area contributed by atoms with Crippen molar-refractivity contribution in [2.45, 2.75) is 23.3 Å². The summed E-state index contributed by atoms with van der Waals surface area (Å²) in [5, 5.41) is 9.23. The number of nitrogens with one attached hydrogen (secondary N) is 1. The normalized spacial score (nSPS) is 16.8. The van der Waals surface area contributed by atoms with Gasteiger partial charge in [-0.1, -0.05) is 0 Å². The molecule has 0 heterocycles. The SMILES string of the molecule is COc1cc(OC)c(S(=O)(=O)NC2(CO)CC2)cc1N. The summed E-state index contributed by atoms with van der Waals surface area (Å²) in [6, 6.07) is 2.70. The topological polar surface area (TPSA) is 111 Å². The molecule has 1 fully saturated rings. The second-order valence-electron chi connectivity index (χ2n) is 4.79. The molecule has 1 aliphatic rings. The van der Waals surface area contributed by atoms with Crippen LogP contribution in [0, 0.1) is 0 Å². The molecule has 1 aromatic rings. The van der Waals surface area contributed by atoms with E-state index >= 15 is 0 Å². The third kappa shape index (κ3) is 2.67.